The molecule has 0 unspecified atom stereocenters. The molecule has 1 aliphatic heterocycles. The van der Waals surface area contributed by atoms with E-state index in [1.165, 1.54) is 0 Å². The molecule has 0 aliphatic carbocycles. The van der Waals surface area contributed by atoms with Crippen LogP contribution in [-0.4, -0.2) is 24.2 Å². The topological polar surface area (TPSA) is 62.9 Å². The minimum Gasteiger partial charge on any atom is -0.493 e. The first kappa shape index (κ1) is 18.9. The van der Waals surface area contributed by atoms with Gasteiger partial charge in [-0.25, -0.2) is 4.79 Å². The summed E-state index contributed by atoms with van der Waals surface area (Å²) in [7, 11) is 0. The van der Waals surface area contributed by atoms with Gasteiger partial charge in [0.1, 0.15) is 11.5 Å². The molecule has 1 aliphatic rings. The summed E-state index contributed by atoms with van der Waals surface area (Å²) in [5.74, 6) is 0.787. The van der Waals surface area contributed by atoms with Crippen molar-refractivity contribution in [2.75, 3.05) is 18.1 Å². The Morgan fingerprint density at radius 2 is 2.03 bits per heavy atom. The maximum absolute atomic E-state index is 11.7. The van der Waals surface area contributed by atoms with E-state index in [1.807, 2.05) is 49.4 Å². The SMILES string of the molecule is CCOc1ccccc1-c1ccc2c(c1)C=C(C(=O)O)CCN2Cc1ccco1. The molecule has 4 rings (SSSR count). The van der Waals surface area contributed by atoms with E-state index < -0.39 is 5.97 Å². The number of anilines is 1. The van der Waals surface area contributed by atoms with Crippen LogP contribution in [0.15, 0.2) is 70.9 Å². The molecule has 2 aromatic carbocycles. The highest BCUT2D eigenvalue weighted by molar-refractivity contribution is 5.94. The molecule has 0 fully saturated rings. The molecule has 3 aromatic rings. The Morgan fingerprint density at radius 3 is 2.79 bits per heavy atom. The predicted octanol–water partition coefficient (Wildman–Crippen LogP) is 5.22. The Labute approximate surface area is 169 Å². The number of carboxylic acid groups (broad SMARTS) is 1. The highest BCUT2D eigenvalue weighted by Crippen LogP contribution is 2.36. The monoisotopic (exact) mass is 389 g/mol. The first-order chi connectivity index (χ1) is 14.2. The largest absolute Gasteiger partial charge is 0.493 e. The molecule has 2 heterocycles. The Balaban J connectivity index is 1.78. The minimum atomic E-state index is -0.879. The zero-order valence-electron chi connectivity index (χ0n) is 16.3. The van der Waals surface area contributed by atoms with E-state index in [4.69, 9.17) is 9.15 Å². The third-order valence-electron chi connectivity index (χ3n) is 5.05. The van der Waals surface area contributed by atoms with E-state index in [0.29, 0.717) is 31.7 Å². The van der Waals surface area contributed by atoms with Gasteiger partial charge in [0, 0.05) is 23.4 Å². The van der Waals surface area contributed by atoms with Crippen LogP contribution >= 0.6 is 0 Å². The number of rotatable bonds is 6. The number of fused-ring (bicyclic) bond motifs is 1. The normalized spacial score (nSPS) is 13.4. The molecule has 0 spiro atoms. The van der Waals surface area contributed by atoms with Gasteiger partial charge >= 0.3 is 5.97 Å². The lowest BCUT2D eigenvalue weighted by atomic mass is 9.99. The second-order valence-electron chi connectivity index (χ2n) is 6.93. The molecule has 0 bridgehead atoms. The molecule has 0 saturated heterocycles. The second kappa shape index (κ2) is 8.27. The number of nitrogens with zero attached hydrogens (tertiary/aromatic N) is 1. The quantitative estimate of drug-likeness (QED) is 0.626. The van der Waals surface area contributed by atoms with Gasteiger partial charge in [0.25, 0.3) is 0 Å². The summed E-state index contributed by atoms with van der Waals surface area (Å²) in [5, 5.41) is 9.61. The summed E-state index contributed by atoms with van der Waals surface area (Å²) in [6, 6.07) is 17.8. The Kier molecular flexibility index (Phi) is 5.38. The molecule has 29 heavy (non-hydrogen) atoms. The van der Waals surface area contributed by atoms with E-state index in [0.717, 1.165) is 33.9 Å². The van der Waals surface area contributed by atoms with Crippen LogP contribution in [0, 0.1) is 0 Å². The average molecular weight is 389 g/mol. The summed E-state index contributed by atoms with van der Waals surface area (Å²) in [6.07, 6.45) is 3.91. The first-order valence-corrected chi connectivity index (χ1v) is 9.73. The van der Waals surface area contributed by atoms with Crippen LogP contribution in [0.4, 0.5) is 5.69 Å². The van der Waals surface area contributed by atoms with Crippen LogP contribution in [0.25, 0.3) is 17.2 Å². The molecule has 1 N–H and O–H groups in total. The summed E-state index contributed by atoms with van der Waals surface area (Å²) in [5.41, 5.74) is 4.27. The zero-order chi connectivity index (χ0) is 20.2. The zero-order valence-corrected chi connectivity index (χ0v) is 16.3. The molecule has 0 amide bonds. The smallest absolute Gasteiger partial charge is 0.331 e. The number of carboxylic acids is 1. The second-order valence-corrected chi connectivity index (χ2v) is 6.93. The van der Waals surface area contributed by atoms with E-state index >= 15 is 0 Å². The number of ether oxygens (including phenoxy) is 1. The molecule has 0 atom stereocenters. The summed E-state index contributed by atoms with van der Waals surface area (Å²) in [4.78, 5) is 13.9. The van der Waals surface area contributed by atoms with Gasteiger partial charge in [0.2, 0.25) is 0 Å². The van der Waals surface area contributed by atoms with Gasteiger partial charge in [-0.05, 0) is 60.9 Å². The Bertz CT molecular complexity index is 1040. The lowest BCUT2D eigenvalue weighted by Gasteiger charge is -2.24. The van der Waals surface area contributed by atoms with E-state index in [2.05, 4.69) is 17.0 Å². The van der Waals surface area contributed by atoms with E-state index in [9.17, 15) is 9.90 Å². The van der Waals surface area contributed by atoms with Gasteiger partial charge in [0.05, 0.1) is 19.4 Å². The van der Waals surface area contributed by atoms with Crippen LogP contribution in [0.3, 0.4) is 0 Å². The van der Waals surface area contributed by atoms with Crippen molar-refractivity contribution in [2.45, 2.75) is 19.9 Å². The summed E-state index contributed by atoms with van der Waals surface area (Å²) < 4.78 is 11.3. The van der Waals surface area contributed by atoms with Gasteiger partial charge in [-0.15, -0.1) is 0 Å². The molecule has 0 saturated carbocycles. The third kappa shape index (κ3) is 4.04. The lowest BCUT2D eigenvalue weighted by Crippen LogP contribution is -2.24. The van der Waals surface area contributed by atoms with Crippen molar-refractivity contribution in [3.8, 4) is 16.9 Å². The lowest BCUT2D eigenvalue weighted by molar-refractivity contribution is -0.132. The van der Waals surface area contributed by atoms with Crippen molar-refractivity contribution in [1.82, 2.24) is 0 Å². The molecular formula is C24H23NO4. The highest BCUT2D eigenvalue weighted by atomic mass is 16.5. The highest BCUT2D eigenvalue weighted by Gasteiger charge is 2.21. The van der Waals surface area contributed by atoms with Crippen molar-refractivity contribution < 1.29 is 19.1 Å². The van der Waals surface area contributed by atoms with Gasteiger partial charge in [-0.3, -0.25) is 0 Å². The van der Waals surface area contributed by atoms with Crippen molar-refractivity contribution in [1.29, 1.82) is 0 Å². The summed E-state index contributed by atoms with van der Waals surface area (Å²) in [6.45, 7) is 3.75. The third-order valence-corrected chi connectivity index (χ3v) is 5.05. The maximum atomic E-state index is 11.7. The molecular weight excluding hydrogens is 366 g/mol. The molecule has 148 valence electrons. The fourth-order valence-corrected chi connectivity index (χ4v) is 3.67. The number of carbonyl (C=O) groups is 1. The van der Waals surface area contributed by atoms with Crippen molar-refractivity contribution in [3.05, 3.63) is 77.8 Å². The average Bonchev–Trinajstić information content (AvgIpc) is 3.16. The van der Waals surface area contributed by atoms with Crippen molar-refractivity contribution in [3.63, 3.8) is 0 Å². The van der Waals surface area contributed by atoms with Crippen LogP contribution < -0.4 is 9.64 Å². The predicted molar refractivity (Wildman–Crippen MR) is 113 cm³/mol. The Hall–Kier alpha value is -3.47. The van der Waals surface area contributed by atoms with Gasteiger partial charge in [0.15, 0.2) is 0 Å². The van der Waals surface area contributed by atoms with Crippen LogP contribution in [0.1, 0.15) is 24.7 Å². The first-order valence-electron chi connectivity index (χ1n) is 9.73. The van der Waals surface area contributed by atoms with Crippen LogP contribution in [0.2, 0.25) is 0 Å². The van der Waals surface area contributed by atoms with Gasteiger partial charge in [-0.1, -0.05) is 24.3 Å². The molecule has 1 aromatic heterocycles. The maximum Gasteiger partial charge on any atom is 0.331 e. The number of hydrogen-bond donors (Lipinski definition) is 1. The molecule has 0 radical (unpaired) electrons. The van der Waals surface area contributed by atoms with Crippen LogP contribution in [-0.2, 0) is 11.3 Å². The van der Waals surface area contributed by atoms with Crippen molar-refractivity contribution in [2.24, 2.45) is 0 Å². The van der Waals surface area contributed by atoms with E-state index in [1.54, 1.807) is 12.3 Å². The van der Waals surface area contributed by atoms with Crippen LogP contribution in [0.5, 0.6) is 5.75 Å². The standard InChI is InChI=1S/C24H23NO4/c1-2-28-23-8-4-3-7-21(23)17-9-10-22-19(14-17)15-18(24(26)27)11-12-25(22)16-20-6-5-13-29-20/h3-10,13-15H,2,11-12,16H2,1H3,(H,26,27). The Morgan fingerprint density at radius 1 is 1.17 bits per heavy atom. The number of aliphatic carboxylic acids is 1. The van der Waals surface area contributed by atoms with E-state index in [-0.39, 0.29) is 0 Å². The molecule has 5 heteroatoms. The fourth-order valence-electron chi connectivity index (χ4n) is 3.67. The number of para-hydroxylation sites is 1. The van der Waals surface area contributed by atoms with Gasteiger partial charge in [-0.2, -0.15) is 0 Å². The molecule has 5 nitrogen and oxygen atoms in total. The van der Waals surface area contributed by atoms with Gasteiger partial charge < -0.3 is 19.2 Å². The van der Waals surface area contributed by atoms with Crippen molar-refractivity contribution >= 4 is 17.7 Å². The minimum absolute atomic E-state index is 0.406. The fraction of sp³-hybridized carbons (Fsp3) is 0.208. The number of furan rings is 1. The summed E-state index contributed by atoms with van der Waals surface area (Å²) >= 11 is 0. The number of benzene rings is 2. The number of hydrogen-bond acceptors (Lipinski definition) is 4.